The summed E-state index contributed by atoms with van der Waals surface area (Å²) in [5.74, 6) is -0.593. The summed E-state index contributed by atoms with van der Waals surface area (Å²) in [5.41, 5.74) is 1.80. The molecule has 1 aromatic carbocycles. The van der Waals surface area contributed by atoms with Gasteiger partial charge in [-0.05, 0) is 55.8 Å². The van der Waals surface area contributed by atoms with Gasteiger partial charge in [0.1, 0.15) is 12.4 Å². The third-order valence-corrected chi connectivity index (χ3v) is 5.47. The zero-order valence-electron chi connectivity index (χ0n) is 17.0. The van der Waals surface area contributed by atoms with Crippen molar-refractivity contribution in [3.05, 3.63) is 83.8 Å². The van der Waals surface area contributed by atoms with Crippen LogP contribution >= 0.6 is 0 Å². The molecule has 156 valence electrons. The molecule has 2 amide bonds. The molecule has 1 atom stereocenters. The van der Waals surface area contributed by atoms with Crippen LogP contribution in [-0.2, 0) is 11.3 Å². The van der Waals surface area contributed by atoms with E-state index in [9.17, 15) is 14.0 Å². The van der Waals surface area contributed by atoms with Gasteiger partial charge in [0, 0.05) is 31.0 Å². The minimum absolute atomic E-state index is 0.0599. The zero-order valence-corrected chi connectivity index (χ0v) is 17.0. The number of furan rings is 1. The molecular formula is C23H24FN3O3. The lowest BCUT2D eigenvalue weighted by molar-refractivity contribution is -0.135. The number of benzene rings is 1. The highest BCUT2D eigenvalue weighted by Crippen LogP contribution is 2.32. The second-order valence-electron chi connectivity index (χ2n) is 7.67. The minimum atomic E-state index is -0.338. The Kier molecular flexibility index (Phi) is 5.44. The maximum Gasteiger partial charge on any atom is 0.290 e. The van der Waals surface area contributed by atoms with Crippen molar-refractivity contribution in [2.45, 2.75) is 32.5 Å². The predicted molar refractivity (Wildman–Crippen MR) is 109 cm³/mol. The van der Waals surface area contributed by atoms with Crippen molar-refractivity contribution in [2.24, 2.45) is 0 Å². The molecular weight excluding hydrogens is 385 g/mol. The van der Waals surface area contributed by atoms with E-state index in [4.69, 9.17) is 4.42 Å². The summed E-state index contributed by atoms with van der Waals surface area (Å²) < 4.78 is 20.8. The summed E-state index contributed by atoms with van der Waals surface area (Å²) in [4.78, 5) is 29.5. The zero-order chi connectivity index (χ0) is 21.3. The van der Waals surface area contributed by atoms with Crippen LogP contribution < -0.4 is 0 Å². The fraction of sp³-hybridized carbons (Fsp3) is 0.304. The van der Waals surface area contributed by atoms with Crippen LogP contribution in [0.4, 0.5) is 4.39 Å². The molecule has 6 nitrogen and oxygen atoms in total. The Morgan fingerprint density at radius 3 is 2.57 bits per heavy atom. The molecule has 1 aliphatic rings. The van der Waals surface area contributed by atoms with E-state index >= 15 is 0 Å². The smallest absolute Gasteiger partial charge is 0.290 e. The SMILES string of the molecule is CC(C)N(CC(=O)N1CCn2cccc2[C@H]1c1ccc(F)cc1)C(=O)c1ccco1. The summed E-state index contributed by atoms with van der Waals surface area (Å²) in [6, 6.07) is 12.9. The lowest BCUT2D eigenvalue weighted by Crippen LogP contribution is -2.49. The van der Waals surface area contributed by atoms with E-state index in [0.29, 0.717) is 13.1 Å². The van der Waals surface area contributed by atoms with Crippen molar-refractivity contribution < 1.29 is 18.4 Å². The normalized spacial score (nSPS) is 15.9. The average Bonchev–Trinajstić information content (AvgIpc) is 3.43. The number of carbonyl (C=O) groups excluding carboxylic acids is 2. The fourth-order valence-corrected chi connectivity index (χ4v) is 3.92. The van der Waals surface area contributed by atoms with Crippen molar-refractivity contribution >= 4 is 11.8 Å². The summed E-state index contributed by atoms with van der Waals surface area (Å²) >= 11 is 0. The molecule has 0 radical (unpaired) electrons. The van der Waals surface area contributed by atoms with Crippen LogP contribution in [0, 0.1) is 5.82 Å². The number of rotatable bonds is 5. The van der Waals surface area contributed by atoms with Gasteiger partial charge >= 0.3 is 0 Å². The first-order valence-corrected chi connectivity index (χ1v) is 10.00. The Morgan fingerprint density at radius 2 is 1.90 bits per heavy atom. The number of carbonyl (C=O) groups is 2. The van der Waals surface area contributed by atoms with Crippen LogP contribution in [0.3, 0.4) is 0 Å². The molecule has 0 fully saturated rings. The number of hydrogen-bond donors (Lipinski definition) is 0. The third kappa shape index (κ3) is 3.75. The van der Waals surface area contributed by atoms with Crippen LogP contribution in [-0.4, -0.2) is 45.3 Å². The fourth-order valence-electron chi connectivity index (χ4n) is 3.92. The van der Waals surface area contributed by atoms with Gasteiger partial charge in [0.25, 0.3) is 5.91 Å². The van der Waals surface area contributed by atoms with Crippen LogP contribution in [0.1, 0.15) is 41.7 Å². The first-order valence-electron chi connectivity index (χ1n) is 10.00. The first kappa shape index (κ1) is 19.9. The Labute approximate surface area is 174 Å². The van der Waals surface area contributed by atoms with Crippen molar-refractivity contribution in [3.8, 4) is 0 Å². The molecule has 0 N–H and O–H groups in total. The van der Waals surface area contributed by atoms with Gasteiger partial charge in [-0.3, -0.25) is 9.59 Å². The number of nitrogens with zero attached hydrogens (tertiary/aromatic N) is 3. The van der Waals surface area contributed by atoms with Crippen LogP contribution in [0.15, 0.2) is 65.4 Å². The molecule has 2 aromatic heterocycles. The van der Waals surface area contributed by atoms with Gasteiger partial charge in [-0.2, -0.15) is 0 Å². The summed E-state index contributed by atoms with van der Waals surface area (Å²) in [6.07, 6.45) is 3.42. The Bertz CT molecular complexity index is 1020. The lowest BCUT2D eigenvalue weighted by Gasteiger charge is -2.39. The first-order chi connectivity index (χ1) is 14.5. The van der Waals surface area contributed by atoms with E-state index in [-0.39, 0.29) is 42.0 Å². The van der Waals surface area contributed by atoms with E-state index in [1.165, 1.54) is 23.3 Å². The highest BCUT2D eigenvalue weighted by Gasteiger charge is 2.34. The molecule has 0 saturated heterocycles. The van der Waals surface area contributed by atoms with Gasteiger partial charge < -0.3 is 18.8 Å². The number of aromatic nitrogens is 1. The molecule has 0 unspecified atom stereocenters. The topological polar surface area (TPSA) is 58.7 Å². The van der Waals surface area contributed by atoms with Crippen LogP contribution in [0.5, 0.6) is 0 Å². The van der Waals surface area contributed by atoms with Gasteiger partial charge in [-0.15, -0.1) is 0 Å². The highest BCUT2D eigenvalue weighted by atomic mass is 19.1. The van der Waals surface area contributed by atoms with E-state index in [1.807, 2.05) is 32.2 Å². The maximum absolute atomic E-state index is 13.5. The molecule has 1 aliphatic heterocycles. The number of hydrogen-bond acceptors (Lipinski definition) is 3. The van der Waals surface area contributed by atoms with Crippen molar-refractivity contribution in [3.63, 3.8) is 0 Å². The number of amides is 2. The average molecular weight is 409 g/mol. The molecule has 3 aromatic rings. The Morgan fingerprint density at radius 1 is 1.13 bits per heavy atom. The van der Waals surface area contributed by atoms with Gasteiger partial charge in [0.05, 0.1) is 12.3 Å². The van der Waals surface area contributed by atoms with Crippen LogP contribution in [0.2, 0.25) is 0 Å². The molecule has 3 heterocycles. The van der Waals surface area contributed by atoms with Gasteiger partial charge in [-0.1, -0.05) is 12.1 Å². The molecule has 0 aliphatic carbocycles. The molecule has 30 heavy (non-hydrogen) atoms. The monoisotopic (exact) mass is 409 g/mol. The van der Waals surface area contributed by atoms with E-state index < -0.39 is 0 Å². The lowest BCUT2D eigenvalue weighted by atomic mass is 9.99. The number of fused-ring (bicyclic) bond motifs is 1. The Balaban J connectivity index is 1.63. The molecule has 7 heteroatoms. The van der Waals surface area contributed by atoms with Crippen molar-refractivity contribution in [2.75, 3.05) is 13.1 Å². The summed E-state index contributed by atoms with van der Waals surface area (Å²) in [7, 11) is 0. The number of halogens is 1. The molecule has 0 saturated carbocycles. The van der Waals surface area contributed by atoms with E-state index in [0.717, 1.165) is 11.3 Å². The van der Waals surface area contributed by atoms with E-state index in [1.54, 1.807) is 29.2 Å². The summed E-state index contributed by atoms with van der Waals surface area (Å²) in [6.45, 7) is 4.85. The standard InChI is InChI=1S/C23H24FN3O3/c1-16(2)27(23(29)20-6-4-14-30-20)15-21(28)26-13-12-25-11-3-5-19(25)22(26)17-7-9-18(24)10-8-17/h3-11,14,16,22H,12-13,15H2,1-2H3/t22-/m1/s1. The highest BCUT2D eigenvalue weighted by molar-refractivity contribution is 5.94. The molecule has 0 bridgehead atoms. The molecule has 0 spiro atoms. The van der Waals surface area contributed by atoms with Crippen LogP contribution in [0.25, 0.3) is 0 Å². The van der Waals surface area contributed by atoms with Crippen molar-refractivity contribution in [1.29, 1.82) is 0 Å². The summed E-state index contributed by atoms with van der Waals surface area (Å²) in [5, 5.41) is 0. The third-order valence-electron chi connectivity index (χ3n) is 5.47. The van der Waals surface area contributed by atoms with E-state index in [2.05, 4.69) is 4.57 Å². The van der Waals surface area contributed by atoms with Gasteiger partial charge in [-0.25, -0.2) is 4.39 Å². The second-order valence-corrected chi connectivity index (χ2v) is 7.67. The van der Waals surface area contributed by atoms with Gasteiger partial charge in [0.15, 0.2) is 5.76 Å². The van der Waals surface area contributed by atoms with Crippen molar-refractivity contribution in [1.82, 2.24) is 14.4 Å². The largest absolute Gasteiger partial charge is 0.459 e. The Hall–Kier alpha value is -3.35. The maximum atomic E-state index is 13.5. The quantitative estimate of drug-likeness (QED) is 0.646. The predicted octanol–water partition coefficient (Wildman–Crippen LogP) is 3.70. The van der Waals surface area contributed by atoms with Gasteiger partial charge in [0.2, 0.25) is 5.91 Å². The second kappa shape index (κ2) is 8.18. The minimum Gasteiger partial charge on any atom is -0.459 e. The molecule has 4 rings (SSSR count).